The minimum Gasteiger partial charge on any atom is -0.481 e. The number of hydrogen-bond acceptors (Lipinski definition) is 3. The third kappa shape index (κ3) is 2.64. The maximum atomic E-state index is 10.8. The third-order valence-corrected chi connectivity index (χ3v) is 4.70. The summed E-state index contributed by atoms with van der Waals surface area (Å²) in [6.45, 7) is 6.43. The fourth-order valence-corrected chi connectivity index (χ4v) is 3.60. The van der Waals surface area contributed by atoms with Gasteiger partial charge in [-0.2, -0.15) is 0 Å². The number of aromatic nitrogens is 2. The van der Waals surface area contributed by atoms with Crippen LogP contribution in [0.4, 0.5) is 0 Å². The number of carboxylic acids is 1. The van der Waals surface area contributed by atoms with E-state index in [1.54, 1.807) is 11.3 Å². The molecule has 0 saturated heterocycles. The number of fused-ring (bicyclic) bond motifs is 1. The van der Waals surface area contributed by atoms with Crippen LogP contribution in [0.2, 0.25) is 0 Å². The van der Waals surface area contributed by atoms with Crippen molar-refractivity contribution in [2.24, 2.45) is 0 Å². The molecule has 0 atom stereocenters. The number of hydrogen-bond donors (Lipinski definition) is 1. The first-order valence-electron chi connectivity index (χ1n) is 7.25. The molecule has 0 bridgehead atoms. The average molecular weight is 314 g/mol. The van der Waals surface area contributed by atoms with Crippen molar-refractivity contribution in [1.29, 1.82) is 0 Å². The maximum Gasteiger partial charge on any atom is 0.309 e. The van der Waals surface area contributed by atoms with Crippen LogP contribution in [-0.2, 0) is 11.2 Å². The molecule has 1 N–H and O–H groups in total. The molecular weight excluding hydrogens is 296 g/mol. The molecule has 114 valence electrons. The monoisotopic (exact) mass is 314 g/mol. The van der Waals surface area contributed by atoms with E-state index in [0.29, 0.717) is 11.6 Å². The molecule has 2 aromatic heterocycles. The van der Waals surface area contributed by atoms with Crippen LogP contribution in [-0.4, -0.2) is 20.5 Å². The Kier molecular flexibility index (Phi) is 3.74. The highest BCUT2D eigenvalue weighted by Gasteiger charge is 2.15. The van der Waals surface area contributed by atoms with Gasteiger partial charge in [0.25, 0.3) is 0 Å². The van der Waals surface area contributed by atoms with Gasteiger partial charge in [0.1, 0.15) is 0 Å². The molecule has 0 fully saturated rings. The Morgan fingerprint density at radius 2 is 2.00 bits per heavy atom. The Morgan fingerprint density at radius 3 is 2.59 bits per heavy atom. The number of carboxylic acid groups (broad SMARTS) is 1. The molecule has 2 heterocycles. The van der Waals surface area contributed by atoms with Gasteiger partial charge >= 0.3 is 5.97 Å². The first kappa shape index (κ1) is 14.8. The molecule has 0 radical (unpaired) electrons. The summed E-state index contributed by atoms with van der Waals surface area (Å²) in [6.07, 6.45) is 1.79. The molecule has 22 heavy (non-hydrogen) atoms. The maximum absolute atomic E-state index is 10.8. The number of nitrogens with zero attached hydrogens (tertiary/aromatic N) is 2. The minimum absolute atomic E-state index is 0.0425. The summed E-state index contributed by atoms with van der Waals surface area (Å²) >= 11 is 1.59. The number of thiazole rings is 1. The lowest BCUT2D eigenvalue weighted by atomic mass is 10.0. The first-order chi connectivity index (χ1) is 10.5. The van der Waals surface area contributed by atoms with Crippen LogP contribution in [0.15, 0.2) is 30.5 Å². The van der Waals surface area contributed by atoms with Gasteiger partial charge in [0, 0.05) is 11.1 Å². The second-order valence-electron chi connectivity index (χ2n) is 5.74. The molecule has 3 rings (SSSR count). The van der Waals surface area contributed by atoms with Crippen molar-refractivity contribution in [3.63, 3.8) is 0 Å². The van der Waals surface area contributed by atoms with Crippen LogP contribution < -0.4 is 0 Å². The Balaban J connectivity index is 2.06. The smallest absolute Gasteiger partial charge is 0.309 e. The number of rotatable bonds is 4. The van der Waals surface area contributed by atoms with E-state index in [2.05, 4.69) is 50.0 Å². The van der Waals surface area contributed by atoms with Crippen molar-refractivity contribution in [2.75, 3.05) is 0 Å². The summed E-state index contributed by atoms with van der Waals surface area (Å²) in [5.74, 6) is -0.349. The Hall–Kier alpha value is -2.14. The van der Waals surface area contributed by atoms with E-state index in [1.807, 2.05) is 10.6 Å². The molecule has 5 heteroatoms. The zero-order valence-electron chi connectivity index (χ0n) is 12.8. The van der Waals surface area contributed by atoms with Gasteiger partial charge in [-0.05, 0) is 24.0 Å². The summed E-state index contributed by atoms with van der Waals surface area (Å²) in [6, 6.07) is 8.55. The average Bonchev–Trinajstić information content (AvgIpc) is 2.93. The molecule has 0 aliphatic carbocycles. The van der Waals surface area contributed by atoms with E-state index in [4.69, 9.17) is 5.11 Å². The Labute approximate surface area is 133 Å². The molecule has 4 nitrogen and oxygen atoms in total. The lowest BCUT2D eigenvalue weighted by Crippen LogP contribution is -1.99. The number of aryl methyl sites for hydroxylation is 1. The molecular formula is C17H18N2O2S. The van der Waals surface area contributed by atoms with Gasteiger partial charge in [-0.15, -0.1) is 11.3 Å². The van der Waals surface area contributed by atoms with Crippen molar-refractivity contribution in [2.45, 2.75) is 33.1 Å². The second kappa shape index (κ2) is 5.57. The summed E-state index contributed by atoms with van der Waals surface area (Å²) in [5.41, 5.74) is 4.13. The molecule has 0 aliphatic heterocycles. The van der Waals surface area contributed by atoms with Gasteiger partial charge in [0.15, 0.2) is 4.96 Å². The molecule has 0 spiro atoms. The predicted octanol–water partition coefficient (Wildman–Crippen LogP) is 4.12. The predicted molar refractivity (Wildman–Crippen MR) is 88.7 cm³/mol. The van der Waals surface area contributed by atoms with Crippen LogP contribution in [0.3, 0.4) is 0 Å². The van der Waals surface area contributed by atoms with Gasteiger partial charge in [-0.25, -0.2) is 4.98 Å². The van der Waals surface area contributed by atoms with Crippen LogP contribution in [0.5, 0.6) is 0 Å². The van der Waals surface area contributed by atoms with E-state index in [9.17, 15) is 4.79 Å². The normalized spacial score (nSPS) is 11.5. The van der Waals surface area contributed by atoms with Crippen LogP contribution in [0.1, 0.15) is 35.9 Å². The largest absolute Gasteiger partial charge is 0.481 e. The Morgan fingerprint density at radius 1 is 1.32 bits per heavy atom. The highest BCUT2D eigenvalue weighted by molar-refractivity contribution is 7.17. The lowest BCUT2D eigenvalue weighted by molar-refractivity contribution is -0.136. The summed E-state index contributed by atoms with van der Waals surface area (Å²) in [4.78, 5) is 17.3. The topological polar surface area (TPSA) is 54.6 Å². The molecule has 0 amide bonds. The standard InChI is InChI=1S/C17H18N2O2S/c1-10(2)12-4-6-13(7-5-12)16-11(3)22-17-18-14(8-15(20)21)9-19(16)17/h4-7,9-10H,8H2,1-3H3,(H,20,21). The van der Waals surface area contributed by atoms with Gasteiger partial charge in [0.2, 0.25) is 0 Å². The lowest BCUT2D eigenvalue weighted by Gasteiger charge is -2.07. The summed E-state index contributed by atoms with van der Waals surface area (Å²) in [7, 11) is 0. The van der Waals surface area contributed by atoms with E-state index < -0.39 is 5.97 Å². The fraction of sp³-hybridized carbons (Fsp3) is 0.294. The van der Waals surface area contributed by atoms with E-state index in [1.165, 1.54) is 10.4 Å². The van der Waals surface area contributed by atoms with E-state index >= 15 is 0 Å². The third-order valence-electron chi connectivity index (χ3n) is 3.73. The Bertz CT molecular complexity index is 828. The fourth-order valence-electron chi connectivity index (χ4n) is 2.61. The molecule has 0 unspecified atom stereocenters. The van der Waals surface area contributed by atoms with Gasteiger partial charge in [-0.1, -0.05) is 38.1 Å². The molecule has 3 aromatic rings. The van der Waals surface area contributed by atoms with Crippen molar-refractivity contribution >= 4 is 22.3 Å². The van der Waals surface area contributed by atoms with Crippen LogP contribution in [0, 0.1) is 6.92 Å². The van der Waals surface area contributed by atoms with Gasteiger partial charge < -0.3 is 5.11 Å². The van der Waals surface area contributed by atoms with E-state index in [-0.39, 0.29) is 6.42 Å². The molecule has 1 aromatic carbocycles. The van der Waals surface area contributed by atoms with Gasteiger partial charge in [0.05, 0.1) is 17.8 Å². The first-order valence-corrected chi connectivity index (χ1v) is 8.07. The highest BCUT2D eigenvalue weighted by atomic mass is 32.1. The zero-order chi connectivity index (χ0) is 15.9. The van der Waals surface area contributed by atoms with Crippen molar-refractivity contribution in [3.8, 4) is 11.3 Å². The van der Waals surface area contributed by atoms with Crippen molar-refractivity contribution in [1.82, 2.24) is 9.38 Å². The van der Waals surface area contributed by atoms with Gasteiger partial charge in [-0.3, -0.25) is 9.20 Å². The molecule has 0 saturated carbocycles. The second-order valence-corrected chi connectivity index (χ2v) is 6.92. The number of aliphatic carboxylic acids is 1. The minimum atomic E-state index is -0.856. The quantitative estimate of drug-likeness (QED) is 0.788. The van der Waals surface area contributed by atoms with Crippen molar-refractivity contribution in [3.05, 3.63) is 46.6 Å². The summed E-state index contributed by atoms with van der Waals surface area (Å²) in [5, 5.41) is 8.91. The highest BCUT2D eigenvalue weighted by Crippen LogP contribution is 2.32. The van der Waals surface area contributed by atoms with Crippen LogP contribution in [0.25, 0.3) is 16.2 Å². The number of imidazole rings is 1. The number of carbonyl (C=O) groups is 1. The molecule has 0 aliphatic rings. The SMILES string of the molecule is Cc1sc2nc(CC(=O)O)cn2c1-c1ccc(C(C)C)cc1. The van der Waals surface area contributed by atoms with Crippen LogP contribution >= 0.6 is 11.3 Å². The van der Waals surface area contributed by atoms with E-state index in [0.717, 1.165) is 16.2 Å². The summed E-state index contributed by atoms with van der Waals surface area (Å²) < 4.78 is 2.00. The van der Waals surface area contributed by atoms with Crippen molar-refractivity contribution < 1.29 is 9.90 Å². The number of benzene rings is 1. The zero-order valence-corrected chi connectivity index (χ0v) is 13.6.